The molecule has 0 aliphatic carbocycles. The predicted octanol–water partition coefficient (Wildman–Crippen LogP) is 0.480. The van der Waals surface area contributed by atoms with Crippen molar-refractivity contribution in [2.75, 3.05) is 19.5 Å². The fourth-order valence-electron chi connectivity index (χ4n) is 1.57. The Labute approximate surface area is 109 Å². The number of tetrazole rings is 1. The molecule has 2 aromatic rings. The van der Waals surface area contributed by atoms with Gasteiger partial charge in [0, 0.05) is 0 Å². The molecule has 1 amide bonds. The second kappa shape index (κ2) is 5.34. The highest BCUT2D eigenvalue weighted by molar-refractivity contribution is 6.07. The lowest BCUT2D eigenvalue weighted by Crippen LogP contribution is -2.15. The van der Waals surface area contributed by atoms with Crippen LogP contribution in [-0.2, 0) is 7.05 Å². The van der Waals surface area contributed by atoms with Crippen LogP contribution in [0.15, 0.2) is 18.2 Å². The lowest BCUT2D eigenvalue weighted by Gasteiger charge is -2.11. The molecule has 8 nitrogen and oxygen atoms in total. The summed E-state index contributed by atoms with van der Waals surface area (Å²) in [6, 6.07) is 5.07. The first-order valence-electron chi connectivity index (χ1n) is 5.42. The first-order chi connectivity index (χ1) is 9.15. The first-order valence-corrected chi connectivity index (χ1v) is 5.42. The molecule has 0 aliphatic heterocycles. The number of benzene rings is 1. The van der Waals surface area contributed by atoms with Gasteiger partial charge in [0.15, 0.2) is 0 Å². The molecule has 8 heteroatoms. The molecular weight excluding hydrogens is 250 g/mol. The molecule has 1 N–H and O–H groups in total. The van der Waals surface area contributed by atoms with Crippen LogP contribution in [0.1, 0.15) is 10.4 Å². The molecule has 0 unspecified atom stereocenters. The highest BCUT2D eigenvalue weighted by Crippen LogP contribution is 2.28. The van der Waals surface area contributed by atoms with Gasteiger partial charge in [-0.1, -0.05) is 11.2 Å². The molecule has 0 bridgehead atoms. The van der Waals surface area contributed by atoms with E-state index in [-0.39, 0.29) is 11.5 Å². The Bertz CT molecular complexity index is 574. The van der Waals surface area contributed by atoms with Gasteiger partial charge in [0.1, 0.15) is 17.1 Å². The number of carbonyl (C=O) groups excluding carboxylic acids is 1. The van der Waals surface area contributed by atoms with Crippen LogP contribution in [-0.4, -0.2) is 40.3 Å². The van der Waals surface area contributed by atoms with Gasteiger partial charge in [0.25, 0.3) is 11.9 Å². The molecule has 1 aromatic carbocycles. The number of hydrogen-bond acceptors (Lipinski definition) is 6. The Morgan fingerprint density at radius 2 is 1.89 bits per heavy atom. The number of rotatable bonds is 4. The molecule has 0 saturated heterocycles. The number of aromatic nitrogens is 4. The number of ether oxygens (including phenoxy) is 2. The second-order valence-electron chi connectivity index (χ2n) is 3.59. The maximum absolute atomic E-state index is 12.2. The summed E-state index contributed by atoms with van der Waals surface area (Å²) in [4.78, 5) is 13.4. The minimum atomic E-state index is -0.428. The van der Waals surface area contributed by atoms with Crippen LogP contribution in [0.25, 0.3) is 0 Å². The smallest absolute Gasteiger partial charge is 0.270 e. The molecular formula is C11H13N5O3. The summed E-state index contributed by atoms with van der Waals surface area (Å²) in [5.74, 6) is 0.490. The van der Waals surface area contributed by atoms with E-state index in [4.69, 9.17) is 9.47 Å². The Balaban J connectivity index is 2.32. The monoisotopic (exact) mass is 263 g/mol. The molecule has 2 rings (SSSR count). The number of aryl methyl sites for hydroxylation is 1. The van der Waals surface area contributed by atoms with Crippen LogP contribution in [0.4, 0.5) is 5.95 Å². The standard InChI is InChI=1S/C11H13N5O3/c1-16-14-11(13-15-16)12-10(17)9-7(18-2)5-4-6-8(9)19-3/h4-6H,1-3H3,(H,12,14,17). The van der Waals surface area contributed by atoms with Crippen molar-refractivity contribution in [3.63, 3.8) is 0 Å². The maximum Gasteiger partial charge on any atom is 0.270 e. The molecule has 0 saturated carbocycles. The average Bonchev–Trinajstić information content (AvgIpc) is 2.82. The molecule has 0 radical (unpaired) electrons. The zero-order chi connectivity index (χ0) is 13.8. The quantitative estimate of drug-likeness (QED) is 0.862. The maximum atomic E-state index is 12.2. The summed E-state index contributed by atoms with van der Waals surface area (Å²) in [7, 11) is 4.56. The molecule has 0 fully saturated rings. The van der Waals surface area contributed by atoms with Crippen molar-refractivity contribution in [2.24, 2.45) is 7.05 Å². The third-order valence-electron chi connectivity index (χ3n) is 2.39. The number of amides is 1. The Morgan fingerprint density at radius 3 is 2.37 bits per heavy atom. The minimum Gasteiger partial charge on any atom is -0.496 e. The third-order valence-corrected chi connectivity index (χ3v) is 2.39. The zero-order valence-electron chi connectivity index (χ0n) is 10.7. The van der Waals surface area contributed by atoms with Crippen LogP contribution >= 0.6 is 0 Å². The number of carbonyl (C=O) groups is 1. The number of methoxy groups -OCH3 is 2. The number of nitrogens with zero attached hydrogens (tertiary/aromatic N) is 4. The Kier molecular flexibility index (Phi) is 3.60. The van der Waals surface area contributed by atoms with E-state index in [0.29, 0.717) is 11.5 Å². The lowest BCUT2D eigenvalue weighted by molar-refractivity contribution is 0.102. The van der Waals surface area contributed by atoms with Crippen molar-refractivity contribution in [3.8, 4) is 11.5 Å². The van der Waals surface area contributed by atoms with Crippen molar-refractivity contribution < 1.29 is 14.3 Å². The molecule has 19 heavy (non-hydrogen) atoms. The summed E-state index contributed by atoms with van der Waals surface area (Å²) < 4.78 is 10.3. The summed E-state index contributed by atoms with van der Waals surface area (Å²) in [5.41, 5.74) is 0.278. The van der Waals surface area contributed by atoms with Crippen LogP contribution in [0.5, 0.6) is 11.5 Å². The van der Waals surface area contributed by atoms with Crippen LogP contribution in [0, 0.1) is 0 Å². The van der Waals surface area contributed by atoms with Crippen LogP contribution in [0.3, 0.4) is 0 Å². The summed E-state index contributed by atoms with van der Waals surface area (Å²) in [6.45, 7) is 0. The number of nitrogens with one attached hydrogen (secondary N) is 1. The van der Waals surface area contributed by atoms with E-state index in [1.54, 1.807) is 25.2 Å². The fraction of sp³-hybridized carbons (Fsp3) is 0.273. The van der Waals surface area contributed by atoms with Crippen molar-refractivity contribution in [1.29, 1.82) is 0 Å². The lowest BCUT2D eigenvalue weighted by atomic mass is 10.1. The summed E-state index contributed by atoms with van der Waals surface area (Å²) >= 11 is 0. The van der Waals surface area contributed by atoms with E-state index in [1.165, 1.54) is 19.0 Å². The van der Waals surface area contributed by atoms with Crippen molar-refractivity contribution in [3.05, 3.63) is 23.8 Å². The molecule has 0 spiro atoms. The highest BCUT2D eigenvalue weighted by atomic mass is 16.5. The van der Waals surface area contributed by atoms with Crippen molar-refractivity contribution in [1.82, 2.24) is 20.2 Å². The predicted molar refractivity (Wildman–Crippen MR) is 66.3 cm³/mol. The largest absolute Gasteiger partial charge is 0.496 e. The van der Waals surface area contributed by atoms with Crippen LogP contribution < -0.4 is 14.8 Å². The van der Waals surface area contributed by atoms with E-state index < -0.39 is 5.91 Å². The zero-order valence-corrected chi connectivity index (χ0v) is 10.7. The van der Waals surface area contributed by atoms with E-state index in [1.807, 2.05) is 0 Å². The third kappa shape index (κ3) is 2.62. The van der Waals surface area contributed by atoms with E-state index >= 15 is 0 Å². The topological polar surface area (TPSA) is 91.2 Å². The minimum absolute atomic E-state index is 0.112. The molecule has 1 heterocycles. The number of anilines is 1. The average molecular weight is 263 g/mol. The fourth-order valence-corrected chi connectivity index (χ4v) is 1.57. The SMILES string of the molecule is COc1cccc(OC)c1C(=O)Nc1nnn(C)n1. The first kappa shape index (κ1) is 12.8. The molecule has 0 atom stereocenters. The van der Waals surface area contributed by atoms with Gasteiger partial charge < -0.3 is 9.47 Å². The van der Waals surface area contributed by atoms with Gasteiger partial charge >= 0.3 is 0 Å². The van der Waals surface area contributed by atoms with Gasteiger partial charge in [-0.3, -0.25) is 10.1 Å². The van der Waals surface area contributed by atoms with Crippen molar-refractivity contribution in [2.45, 2.75) is 0 Å². The van der Waals surface area contributed by atoms with E-state index in [9.17, 15) is 4.79 Å². The van der Waals surface area contributed by atoms with Crippen LogP contribution in [0.2, 0.25) is 0 Å². The molecule has 1 aromatic heterocycles. The summed E-state index contributed by atoms with van der Waals surface area (Å²) in [5, 5.41) is 13.7. The molecule has 100 valence electrons. The van der Waals surface area contributed by atoms with Gasteiger partial charge in [-0.15, -0.1) is 5.10 Å². The normalized spacial score (nSPS) is 10.1. The Hall–Kier alpha value is -2.64. The summed E-state index contributed by atoms with van der Waals surface area (Å²) in [6.07, 6.45) is 0. The molecule has 0 aliphatic rings. The van der Waals surface area contributed by atoms with E-state index in [0.717, 1.165) is 0 Å². The second-order valence-corrected chi connectivity index (χ2v) is 3.59. The van der Waals surface area contributed by atoms with Gasteiger partial charge in [0.2, 0.25) is 0 Å². The van der Waals surface area contributed by atoms with Gasteiger partial charge in [0.05, 0.1) is 21.3 Å². The highest BCUT2D eigenvalue weighted by Gasteiger charge is 2.19. The van der Waals surface area contributed by atoms with Gasteiger partial charge in [-0.25, -0.2) is 0 Å². The van der Waals surface area contributed by atoms with Gasteiger partial charge in [-0.05, 0) is 17.3 Å². The van der Waals surface area contributed by atoms with E-state index in [2.05, 4.69) is 20.7 Å². The van der Waals surface area contributed by atoms with Gasteiger partial charge in [-0.2, -0.15) is 4.80 Å². The Morgan fingerprint density at radius 1 is 1.26 bits per heavy atom. The van der Waals surface area contributed by atoms with Crippen molar-refractivity contribution >= 4 is 11.9 Å². The number of hydrogen-bond donors (Lipinski definition) is 1.